The maximum atomic E-state index is 5.87. The van der Waals surface area contributed by atoms with Gasteiger partial charge in [-0.25, -0.2) is 0 Å². The summed E-state index contributed by atoms with van der Waals surface area (Å²) in [6.07, 6.45) is 1.05. The number of rotatable bonds is 4. The Morgan fingerprint density at radius 2 is 1.95 bits per heavy atom. The number of nitrogens with one attached hydrogen (secondary N) is 1. The first-order valence-corrected chi connectivity index (χ1v) is 6.48. The van der Waals surface area contributed by atoms with Gasteiger partial charge in [0.1, 0.15) is 6.61 Å². The lowest BCUT2D eigenvalue weighted by molar-refractivity contribution is 0.284. The van der Waals surface area contributed by atoms with Gasteiger partial charge in [0.2, 0.25) is 0 Å². The molecule has 0 saturated heterocycles. The van der Waals surface area contributed by atoms with Gasteiger partial charge in [-0.3, -0.25) is 0 Å². The second-order valence-corrected chi connectivity index (χ2v) is 4.61. The van der Waals surface area contributed by atoms with Crippen LogP contribution < -0.4 is 14.8 Å². The smallest absolute Gasteiger partial charge is 0.163 e. The molecule has 3 nitrogen and oxygen atoms in total. The maximum absolute atomic E-state index is 5.87. The van der Waals surface area contributed by atoms with Crippen LogP contribution in [0.1, 0.15) is 11.1 Å². The van der Waals surface area contributed by atoms with Crippen LogP contribution in [0, 0.1) is 0 Å². The molecule has 1 aliphatic heterocycles. The summed E-state index contributed by atoms with van der Waals surface area (Å²) in [5.41, 5.74) is 3.60. The Morgan fingerprint density at radius 1 is 1.11 bits per heavy atom. The average molecular weight is 255 g/mol. The average Bonchev–Trinajstić information content (AvgIpc) is 2.92. The van der Waals surface area contributed by atoms with Gasteiger partial charge in [0.25, 0.3) is 0 Å². The van der Waals surface area contributed by atoms with Gasteiger partial charge in [-0.05, 0) is 23.6 Å². The zero-order chi connectivity index (χ0) is 13.1. The summed E-state index contributed by atoms with van der Waals surface area (Å²) in [6.45, 7) is 1.54. The van der Waals surface area contributed by atoms with Crippen LogP contribution in [0.25, 0.3) is 0 Å². The molecule has 1 aliphatic rings. The number of anilines is 1. The fourth-order valence-electron chi connectivity index (χ4n) is 2.31. The topological polar surface area (TPSA) is 30.5 Å². The molecule has 2 aromatic rings. The second-order valence-electron chi connectivity index (χ2n) is 4.61. The van der Waals surface area contributed by atoms with Crippen molar-refractivity contribution in [2.75, 3.05) is 19.0 Å². The summed E-state index contributed by atoms with van der Waals surface area (Å²) in [6, 6.07) is 14.2. The summed E-state index contributed by atoms with van der Waals surface area (Å²) in [7, 11) is 1.68. The molecule has 0 spiro atoms. The lowest BCUT2D eigenvalue weighted by Crippen LogP contribution is -1.98. The molecule has 0 aliphatic carbocycles. The molecule has 1 heterocycles. The summed E-state index contributed by atoms with van der Waals surface area (Å²) < 4.78 is 11.3. The lowest BCUT2D eigenvalue weighted by atomic mass is 10.1. The summed E-state index contributed by atoms with van der Waals surface area (Å²) >= 11 is 0. The SMILES string of the molecule is COc1cc2c(cc1OCc1ccccc1)NCC2. The molecule has 1 N–H and O–H groups in total. The van der Waals surface area contributed by atoms with Crippen molar-refractivity contribution in [3.05, 3.63) is 53.6 Å². The highest BCUT2D eigenvalue weighted by atomic mass is 16.5. The lowest BCUT2D eigenvalue weighted by Gasteiger charge is -2.13. The Kier molecular flexibility index (Phi) is 3.27. The molecule has 0 bridgehead atoms. The molecule has 3 rings (SSSR count). The second kappa shape index (κ2) is 5.22. The number of methoxy groups -OCH3 is 1. The molecule has 0 amide bonds. The van der Waals surface area contributed by atoms with Gasteiger partial charge >= 0.3 is 0 Å². The summed E-state index contributed by atoms with van der Waals surface area (Å²) in [4.78, 5) is 0. The number of benzene rings is 2. The largest absolute Gasteiger partial charge is 0.493 e. The molecule has 98 valence electrons. The minimum absolute atomic E-state index is 0.552. The van der Waals surface area contributed by atoms with E-state index in [2.05, 4.69) is 23.5 Å². The van der Waals surface area contributed by atoms with Crippen molar-refractivity contribution in [2.45, 2.75) is 13.0 Å². The fourth-order valence-corrected chi connectivity index (χ4v) is 2.31. The molecule has 0 saturated carbocycles. The maximum Gasteiger partial charge on any atom is 0.163 e. The van der Waals surface area contributed by atoms with Crippen LogP contribution in [0.4, 0.5) is 5.69 Å². The van der Waals surface area contributed by atoms with E-state index in [1.807, 2.05) is 24.3 Å². The van der Waals surface area contributed by atoms with E-state index in [1.165, 1.54) is 5.56 Å². The molecule has 0 fully saturated rings. The van der Waals surface area contributed by atoms with Crippen molar-refractivity contribution in [2.24, 2.45) is 0 Å². The normalized spacial score (nSPS) is 12.7. The van der Waals surface area contributed by atoms with Crippen molar-refractivity contribution in [3.63, 3.8) is 0 Å². The standard InChI is InChI=1S/C16H17NO2/c1-18-15-9-13-7-8-17-14(13)10-16(15)19-11-12-5-3-2-4-6-12/h2-6,9-10,17H,7-8,11H2,1H3. The zero-order valence-electron chi connectivity index (χ0n) is 11.0. The van der Waals surface area contributed by atoms with Gasteiger partial charge in [-0.1, -0.05) is 30.3 Å². The van der Waals surface area contributed by atoms with Crippen molar-refractivity contribution in [3.8, 4) is 11.5 Å². The number of ether oxygens (including phenoxy) is 2. The molecule has 19 heavy (non-hydrogen) atoms. The van der Waals surface area contributed by atoms with Gasteiger partial charge in [0, 0.05) is 18.3 Å². The van der Waals surface area contributed by atoms with E-state index < -0.39 is 0 Å². The van der Waals surface area contributed by atoms with Gasteiger partial charge in [-0.2, -0.15) is 0 Å². The van der Waals surface area contributed by atoms with Crippen LogP contribution in [0.15, 0.2) is 42.5 Å². The minimum atomic E-state index is 0.552. The Balaban J connectivity index is 1.80. The Labute approximate surface area is 113 Å². The van der Waals surface area contributed by atoms with E-state index in [0.29, 0.717) is 6.61 Å². The van der Waals surface area contributed by atoms with Crippen LogP contribution in [0.3, 0.4) is 0 Å². The molecular weight excluding hydrogens is 238 g/mol. The quantitative estimate of drug-likeness (QED) is 0.909. The summed E-state index contributed by atoms with van der Waals surface area (Å²) in [5, 5.41) is 3.35. The van der Waals surface area contributed by atoms with Crippen LogP contribution in [-0.4, -0.2) is 13.7 Å². The predicted octanol–water partition coefficient (Wildman–Crippen LogP) is 3.24. The van der Waals surface area contributed by atoms with Gasteiger partial charge in [-0.15, -0.1) is 0 Å². The van der Waals surface area contributed by atoms with E-state index >= 15 is 0 Å². The zero-order valence-corrected chi connectivity index (χ0v) is 11.0. The molecule has 0 radical (unpaired) electrons. The third-order valence-electron chi connectivity index (χ3n) is 3.34. The first kappa shape index (κ1) is 11.9. The Hall–Kier alpha value is -2.16. The van der Waals surface area contributed by atoms with Crippen LogP contribution >= 0.6 is 0 Å². The molecule has 3 heteroatoms. The number of fused-ring (bicyclic) bond motifs is 1. The van der Waals surface area contributed by atoms with E-state index in [0.717, 1.165) is 35.7 Å². The van der Waals surface area contributed by atoms with Gasteiger partial charge in [0.05, 0.1) is 7.11 Å². The van der Waals surface area contributed by atoms with Crippen LogP contribution in [-0.2, 0) is 13.0 Å². The summed E-state index contributed by atoms with van der Waals surface area (Å²) in [5.74, 6) is 1.60. The molecule has 0 aromatic heterocycles. The molecular formula is C16H17NO2. The third-order valence-corrected chi connectivity index (χ3v) is 3.34. The van der Waals surface area contributed by atoms with E-state index in [9.17, 15) is 0 Å². The molecule has 2 aromatic carbocycles. The highest BCUT2D eigenvalue weighted by Crippen LogP contribution is 2.36. The van der Waals surface area contributed by atoms with Crippen molar-refractivity contribution in [1.29, 1.82) is 0 Å². The van der Waals surface area contributed by atoms with Crippen molar-refractivity contribution >= 4 is 5.69 Å². The van der Waals surface area contributed by atoms with Gasteiger partial charge < -0.3 is 14.8 Å². The monoisotopic (exact) mass is 255 g/mol. The minimum Gasteiger partial charge on any atom is -0.493 e. The Morgan fingerprint density at radius 3 is 2.74 bits per heavy atom. The first-order valence-electron chi connectivity index (χ1n) is 6.48. The Bertz CT molecular complexity index is 566. The highest BCUT2D eigenvalue weighted by molar-refractivity contribution is 5.63. The third kappa shape index (κ3) is 2.50. The van der Waals surface area contributed by atoms with E-state index in [-0.39, 0.29) is 0 Å². The first-order chi connectivity index (χ1) is 9.36. The predicted molar refractivity (Wildman–Crippen MR) is 76.0 cm³/mol. The van der Waals surface area contributed by atoms with Crippen LogP contribution in [0.2, 0.25) is 0 Å². The van der Waals surface area contributed by atoms with E-state index in [1.54, 1.807) is 7.11 Å². The number of hydrogen-bond donors (Lipinski definition) is 1. The van der Waals surface area contributed by atoms with Gasteiger partial charge in [0.15, 0.2) is 11.5 Å². The molecule has 0 unspecified atom stereocenters. The van der Waals surface area contributed by atoms with E-state index in [4.69, 9.17) is 9.47 Å². The fraction of sp³-hybridized carbons (Fsp3) is 0.250. The molecule has 0 atom stereocenters. The van der Waals surface area contributed by atoms with Crippen molar-refractivity contribution in [1.82, 2.24) is 0 Å². The highest BCUT2D eigenvalue weighted by Gasteiger charge is 2.15. The van der Waals surface area contributed by atoms with Crippen LogP contribution in [0.5, 0.6) is 11.5 Å². The number of hydrogen-bond acceptors (Lipinski definition) is 3. The van der Waals surface area contributed by atoms with Crippen molar-refractivity contribution < 1.29 is 9.47 Å².